The first-order valence-electron chi connectivity index (χ1n) is 6.56. The van der Waals surface area contributed by atoms with Crippen molar-refractivity contribution in [1.82, 2.24) is 10.6 Å². The predicted molar refractivity (Wildman–Crippen MR) is 77.5 cm³/mol. The number of rotatable bonds is 5. The maximum atomic E-state index is 11.5. The Balaban J connectivity index is 2.42. The first-order valence-corrected chi connectivity index (χ1v) is 6.56. The van der Waals surface area contributed by atoms with Crippen LogP contribution in [0.5, 0.6) is 0 Å². The summed E-state index contributed by atoms with van der Waals surface area (Å²) in [6.07, 6.45) is 2.07. The van der Waals surface area contributed by atoms with Crippen LogP contribution in [0.25, 0.3) is 0 Å². The lowest BCUT2D eigenvalue weighted by Gasteiger charge is -2.07. The molecule has 0 spiro atoms. The molecule has 4 nitrogen and oxygen atoms in total. The fraction of sp³-hybridized carbons (Fsp3) is 0.400. The summed E-state index contributed by atoms with van der Waals surface area (Å²) in [6.45, 7) is 3.65. The molecule has 1 aromatic rings. The Labute approximate surface area is 114 Å². The molecule has 102 valence electrons. The van der Waals surface area contributed by atoms with Gasteiger partial charge in [0, 0.05) is 18.7 Å². The molecule has 0 atom stereocenters. The highest BCUT2D eigenvalue weighted by Gasteiger charge is 1.99. The average molecular weight is 259 g/mol. The fourth-order valence-electron chi connectivity index (χ4n) is 1.54. The largest absolute Gasteiger partial charge is 0.338 e. The predicted octanol–water partition coefficient (Wildman–Crippen LogP) is 1.60. The van der Waals surface area contributed by atoms with Crippen molar-refractivity contribution in [3.63, 3.8) is 0 Å². The fourth-order valence-corrected chi connectivity index (χ4v) is 1.54. The highest BCUT2D eigenvalue weighted by atomic mass is 16.2. The Morgan fingerprint density at radius 3 is 2.95 bits per heavy atom. The van der Waals surface area contributed by atoms with Gasteiger partial charge in [-0.1, -0.05) is 37.3 Å². The first kappa shape index (κ1) is 15.1. The van der Waals surface area contributed by atoms with Crippen molar-refractivity contribution in [2.75, 3.05) is 13.1 Å². The van der Waals surface area contributed by atoms with E-state index in [0.717, 1.165) is 24.0 Å². The molecule has 0 radical (unpaired) electrons. The normalized spacial score (nSPS) is 9.37. The number of unbranched alkanes of at least 4 members (excludes halogenated alkanes) is 1. The molecule has 0 unspecified atom stereocenters. The van der Waals surface area contributed by atoms with Crippen LogP contribution in [0.3, 0.4) is 0 Å². The van der Waals surface area contributed by atoms with Crippen LogP contribution in [0.4, 0.5) is 4.79 Å². The molecule has 19 heavy (non-hydrogen) atoms. The van der Waals surface area contributed by atoms with Gasteiger partial charge in [-0.25, -0.2) is 4.79 Å². The summed E-state index contributed by atoms with van der Waals surface area (Å²) in [5.74, 6) is 5.78. The van der Waals surface area contributed by atoms with Gasteiger partial charge in [-0.15, -0.1) is 0 Å². The molecular weight excluding hydrogens is 238 g/mol. The van der Waals surface area contributed by atoms with Crippen molar-refractivity contribution >= 4 is 6.03 Å². The van der Waals surface area contributed by atoms with E-state index in [-0.39, 0.29) is 6.03 Å². The summed E-state index contributed by atoms with van der Waals surface area (Å²) in [6, 6.07) is 7.63. The summed E-state index contributed by atoms with van der Waals surface area (Å²) in [5, 5.41) is 5.63. The lowest BCUT2D eigenvalue weighted by molar-refractivity contribution is 0.240. The van der Waals surface area contributed by atoms with Crippen LogP contribution in [0.2, 0.25) is 0 Å². The molecule has 0 aliphatic heterocycles. The molecule has 0 bridgehead atoms. The summed E-state index contributed by atoms with van der Waals surface area (Å²) in [7, 11) is 0. The molecular formula is C15H21N3O. The van der Waals surface area contributed by atoms with Crippen LogP contribution in [0.15, 0.2) is 24.3 Å². The van der Waals surface area contributed by atoms with Gasteiger partial charge in [0.2, 0.25) is 0 Å². The second-order valence-electron chi connectivity index (χ2n) is 4.17. The standard InChI is InChI=1S/C15H21N3O/c1-2-3-10-17-15(19)18-12-14-7-4-6-13(11-14)8-5-9-16/h4,6-7,11H,2-3,9-10,12,16H2,1H3,(H2,17,18,19). The van der Waals surface area contributed by atoms with Gasteiger partial charge < -0.3 is 16.4 Å². The zero-order valence-electron chi connectivity index (χ0n) is 11.3. The number of carbonyl (C=O) groups is 1. The molecule has 1 aromatic carbocycles. The van der Waals surface area contributed by atoms with Crippen LogP contribution >= 0.6 is 0 Å². The summed E-state index contributed by atoms with van der Waals surface area (Å²) < 4.78 is 0. The van der Waals surface area contributed by atoms with Gasteiger partial charge in [-0.05, 0) is 24.1 Å². The van der Waals surface area contributed by atoms with Crippen molar-refractivity contribution in [1.29, 1.82) is 0 Å². The third-order valence-corrected chi connectivity index (χ3v) is 2.53. The second-order valence-corrected chi connectivity index (χ2v) is 4.17. The van der Waals surface area contributed by atoms with Crippen LogP contribution in [0.1, 0.15) is 30.9 Å². The quantitative estimate of drug-likeness (QED) is 0.555. The Morgan fingerprint density at radius 2 is 2.21 bits per heavy atom. The van der Waals surface area contributed by atoms with Crippen molar-refractivity contribution in [3.05, 3.63) is 35.4 Å². The van der Waals surface area contributed by atoms with Gasteiger partial charge in [0.25, 0.3) is 0 Å². The van der Waals surface area contributed by atoms with E-state index in [1.54, 1.807) is 0 Å². The zero-order chi connectivity index (χ0) is 13.9. The maximum Gasteiger partial charge on any atom is 0.315 e. The number of carbonyl (C=O) groups excluding carboxylic acids is 1. The molecule has 0 aliphatic rings. The smallest absolute Gasteiger partial charge is 0.315 e. The number of benzene rings is 1. The number of hydrogen-bond acceptors (Lipinski definition) is 2. The number of nitrogens with one attached hydrogen (secondary N) is 2. The third kappa shape index (κ3) is 6.49. The van der Waals surface area contributed by atoms with Gasteiger partial charge in [0.15, 0.2) is 0 Å². The number of amides is 2. The van der Waals surface area contributed by atoms with E-state index >= 15 is 0 Å². The van der Waals surface area contributed by atoms with Gasteiger partial charge >= 0.3 is 6.03 Å². The third-order valence-electron chi connectivity index (χ3n) is 2.53. The highest BCUT2D eigenvalue weighted by Crippen LogP contribution is 2.03. The van der Waals surface area contributed by atoms with E-state index in [0.29, 0.717) is 19.6 Å². The molecule has 4 N–H and O–H groups in total. The molecule has 0 fully saturated rings. The van der Waals surface area contributed by atoms with E-state index in [1.807, 2.05) is 24.3 Å². The minimum atomic E-state index is -0.133. The Morgan fingerprint density at radius 1 is 1.37 bits per heavy atom. The molecule has 0 heterocycles. The van der Waals surface area contributed by atoms with Gasteiger partial charge in [-0.2, -0.15) is 0 Å². The van der Waals surface area contributed by atoms with E-state index < -0.39 is 0 Å². The zero-order valence-corrected chi connectivity index (χ0v) is 11.3. The summed E-state index contributed by atoms with van der Waals surface area (Å²) in [5.41, 5.74) is 7.27. The monoisotopic (exact) mass is 259 g/mol. The molecule has 2 amide bonds. The lowest BCUT2D eigenvalue weighted by Crippen LogP contribution is -2.35. The Hall–Kier alpha value is -1.99. The molecule has 0 saturated carbocycles. The maximum absolute atomic E-state index is 11.5. The van der Waals surface area contributed by atoms with Gasteiger partial charge in [-0.3, -0.25) is 0 Å². The van der Waals surface area contributed by atoms with Crippen molar-refractivity contribution in [2.45, 2.75) is 26.3 Å². The van der Waals surface area contributed by atoms with E-state index in [9.17, 15) is 4.79 Å². The van der Waals surface area contributed by atoms with Crippen molar-refractivity contribution in [3.8, 4) is 11.8 Å². The van der Waals surface area contributed by atoms with Crippen LogP contribution in [-0.4, -0.2) is 19.1 Å². The molecule has 0 aliphatic carbocycles. The summed E-state index contributed by atoms with van der Waals surface area (Å²) >= 11 is 0. The van der Waals surface area contributed by atoms with Crippen LogP contribution in [0, 0.1) is 11.8 Å². The first-order chi connectivity index (χ1) is 9.26. The summed E-state index contributed by atoms with van der Waals surface area (Å²) in [4.78, 5) is 11.5. The highest BCUT2D eigenvalue weighted by molar-refractivity contribution is 5.73. The molecule has 0 aromatic heterocycles. The SMILES string of the molecule is CCCCNC(=O)NCc1cccc(C#CCN)c1. The van der Waals surface area contributed by atoms with Crippen molar-refractivity contribution in [2.24, 2.45) is 5.73 Å². The minimum absolute atomic E-state index is 0.133. The number of urea groups is 1. The Bertz CT molecular complexity index is 460. The minimum Gasteiger partial charge on any atom is -0.338 e. The molecule has 0 saturated heterocycles. The average Bonchev–Trinajstić information content (AvgIpc) is 2.44. The van der Waals surface area contributed by atoms with Crippen molar-refractivity contribution < 1.29 is 4.79 Å². The van der Waals surface area contributed by atoms with E-state index in [4.69, 9.17) is 5.73 Å². The van der Waals surface area contributed by atoms with E-state index in [2.05, 4.69) is 29.4 Å². The Kier molecular flexibility index (Phi) is 7.14. The number of hydrogen-bond donors (Lipinski definition) is 3. The second kappa shape index (κ2) is 9.01. The van der Waals surface area contributed by atoms with Gasteiger partial charge in [0.05, 0.1) is 6.54 Å². The number of nitrogens with two attached hydrogens (primary N) is 1. The van der Waals surface area contributed by atoms with Crippen LogP contribution in [-0.2, 0) is 6.54 Å². The van der Waals surface area contributed by atoms with Gasteiger partial charge in [0.1, 0.15) is 0 Å². The van der Waals surface area contributed by atoms with Crippen LogP contribution < -0.4 is 16.4 Å². The molecule has 4 heteroatoms. The topological polar surface area (TPSA) is 67.2 Å². The lowest BCUT2D eigenvalue weighted by atomic mass is 10.1. The molecule has 1 rings (SSSR count). The van der Waals surface area contributed by atoms with E-state index in [1.165, 1.54) is 0 Å².